The Balaban J connectivity index is 1.87. The number of hydrogen-bond donors (Lipinski definition) is 2. The lowest BCUT2D eigenvalue weighted by Crippen LogP contribution is -2.13. The molecule has 19 heavy (non-hydrogen) atoms. The molecular weight excluding hydrogens is 236 g/mol. The quantitative estimate of drug-likeness (QED) is 0.750. The number of H-pyrrole nitrogens is 1. The van der Waals surface area contributed by atoms with Crippen LogP contribution < -0.4 is 5.73 Å². The van der Waals surface area contributed by atoms with E-state index >= 15 is 0 Å². The number of nitrogens with two attached hydrogens (primary N) is 1. The lowest BCUT2D eigenvalue weighted by atomic mass is 10.0. The van der Waals surface area contributed by atoms with Crippen molar-refractivity contribution in [3.05, 3.63) is 72.3 Å². The van der Waals surface area contributed by atoms with E-state index < -0.39 is 0 Å². The van der Waals surface area contributed by atoms with Crippen LogP contribution >= 0.6 is 0 Å². The molecule has 1 atom stereocenters. The van der Waals surface area contributed by atoms with E-state index in [0.717, 1.165) is 5.56 Å². The number of aromatic amines is 1. The fourth-order valence-corrected chi connectivity index (χ4v) is 2.04. The van der Waals surface area contributed by atoms with Crippen molar-refractivity contribution in [2.24, 2.45) is 5.73 Å². The van der Waals surface area contributed by atoms with Crippen LogP contribution in [0, 0.1) is 0 Å². The maximum atomic E-state index is 6.12. The highest BCUT2D eigenvalue weighted by Gasteiger charge is 2.11. The summed E-state index contributed by atoms with van der Waals surface area (Å²) in [6.07, 6.45) is 1.47. The second-order valence-corrected chi connectivity index (χ2v) is 4.34. The Morgan fingerprint density at radius 1 is 0.895 bits per heavy atom. The Morgan fingerprint density at radius 2 is 1.58 bits per heavy atom. The molecule has 4 nitrogen and oxygen atoms in total. The van der Waals surface area contributed by atoms with Gasteiger partial charge in [-0.2, -0.15) is 5.10 Å². The molecule has 1 aromatic heterocycles. The van der Waals surface area contributed by atoms with E-state index in [1.54, 1.807) is 0 Å². The third-order valence-electron chi connectivity index (χ3n) is 3.11. The zero-order chi connectivity index (χ0) is 13.1. The van der Waals surface area contributed by atoms with Crippen LogP contribution in [0.5, 0.6) is 0 Å². The van der Waals surface area contributed by atoms with Gasteiger partial charge in [0.15, 0.2) is 0 Å². The van der Waals surface area contributed by atoms with Crippen LogP contribution in [0.4, 0.5) is 0 Å². The van der Waals surface area contributed by atoms with Crippen molar-refractivity contribution in [2.45, 2.75) is 6.04 Å². The smallest absolute Gasteiger partial charge is 0.145 e. The highest BCUT2D eigenvalue weighted by atomic mass is 15.2. The van der Waals surface area contributed by atoms with Crippen LogP contribution in [0.15, 0.2) is 60.9 Å². The largest absolute Gasteiger partial charge is 0.318 e. The van der Waals surface area contributed by atoms with Crippen LogP contribution in [0.2, 0.25) is 0 Å². The Kier molecular flexibility index (Phi) is 3.08. The molecule has 0 spiro atoms. The van der Waals surface area contributed by atoms with E-state index in [1.165, 1.54) is 17.5 Å². The van der Waals surface area contributed by atoms with Crippen molar-refractivity contribution in [3.8, 4) is 11.1 Å². The van der Waals surface area contributed by atoms with Crippen molar-refractivity contribution in [3.63, 3.8) is 0 Å². The maximum Gasteiger partial charge on any atom is 0.145 e. The zero-order valence-corrected chi connectivity index (χ0v) is 10.3. The molecule has 0 radical (unpaired) electrons. The van der Waals surface area contributed by atoms with Gasteiger partial charge in [-0.05, 0) is 16.7 Å². The Hall–Kier alpha value is -2.46. The Labute approximate surface area is 111 Å². The molecule has 2 aromatic carbocycles. The molecule has 0 fully saturated rings. The number of nitrogens with zero attached hydrogens (tertiary/aromatic N) is 2. The van der Waals surface area contributed by atoms with Crippen LogP contribution in [-0.2, 0) is 0 Å². The minimum atomic E-state index is -0.271. The molecule has 4 heteroatoms. The SMILES string of the molecule is NC(c1ccc(-c2ccccc2)cc1)c1ncn[nH]1. The summed E-state index contributed by atoms with van der Waals surface area (Å²) in [6.45, 7) is 0. The third-order valence-corrected chi connectivity index (χ3v) is 3.11. The number of aromatic nitrogens is 3. The average Bonchev–Trinajstić information content (AvgIpc) is 3.02. The molecule has 0 aliphatic heterocycles. The average molecular weight is 250 g/mol. The van der Waals surface area contributed by atoms with E-state index in [9.17, 15) is 0 Å². The first-order valence-corrected chi connectivity index (χ1v) is 6.11. The van der Waals surface area contributed by atoms with E-state index in [0.29, 0.717) is 5.82 Å². The molecule has 0 amide bonds. The summed E-state index contributed by atoms with van der Waals surface area (Å²) in [5.74, 6) is 0.674. The molecule has 0 bridgehead atoms. The second kappa shape index (κ2) is 5.04. The van der Waals surface area contributed by atoms with Crippen LogP contribution in [0.1, 0.15) is 17.4 Å². The van der Waals surface area contributed by atoms with Gasteiger partial charge >= 0.3 is 0 Å². The van der Waals surface area contributed by atoms with E-state index in [-0.39, 0.29) is 6.04 Å². The third kappa shape index (κ3) is 2.39. The highest BCUT2D eigenvalue weighted by molar-refractivity contribution is 5.63. The highest BCUT2D eigenvalue weighted by Crippen LogP contribution is 2.22. The predicted octanol–water partition coefficient (Wildman–Crippen LogP) is 2.52. The summed E-state index contributed by atoms with van der Waals surface area (Å²) >= 11 is 0. The summed E-state index contributed by atoms with van der Waals surface area (Å²) in [5.41, 5.74) is 9.50. The van der Waals surface area contributed by atoms with Gasteiger partial charge < -0.3 is 5.73 Å². The van der Waals surface area contributed by atoms with Gasteiger partial charge in [-0.25, -0.2) is 4.98 Å². The molecule has 1 heterocycles. The van der Waals surface area contributed by atoms with Gasteiger partial charge in [0.25, 0.3) is 0 Å². The van der Waals surface area contributed by atoms with Crippen molar-refractivity contribution < 1.29 is 0 Å². The molecule has 3 N–H and O–H groups in total. The summed E-state index contributed by atoms with van der Waals surface area (Å²) < 4.78 is 0. The second-order valence-electron chi connectivity index (χ2n) is 4.34. The number of rotatable bonds is 3. The van der Waals surface area contributed by atoms with Gasteiger partial charge in [0.2, 0.25) is 0 Å². The monoisotopic (exact) mass is 250 g/mol. The van der Waals surface area contributed by atoms with Crippen molar-refractivity contribution >= 4 is 0 Å². The van der Waals surface area contributed by atoms with Crippen molar-refractivity contribution in [1.29, 1.82) is 0 Å². The molecule has 0 aliphatic rings. The lowest BCUT2D eigenvalue weighted by molar-refractivity contribution is 0.787. The lowest BCUT2D eigenvalue weighted by Gasteiger charge is -2.09. The first-order valence-electron chi connectivity index (χ1n) is 6.11. The van der Waals surface area contributed by atoms with Crippen molar-refractivity contribution in [1.82, 2.24) is 15.2 Å². The van der Waals surface area contributed by atoms with Gasteiger partial charge in [-0.1, -0.05) is 54.6 Å². The fraction of sp³-hybridized carbons (Fsp3) is 0.0667. The number of benzene rings is 2. The normalized spacial score (nSPS) is 12.3. The minimum Gasteiger partial charge on any atom is -0.318 e. The molecular formula is C15H14N4. The molecule has 94 valence electrons. The van der Waals surface area contributed by atoms with Gasteiger partial charge in [-0.15, -0.1) is 0 Å². The molecule has 0 saturated carbocycles. The first kappa shape index (κ1) is 11.6. The topological polar surface area (TPSA) is 67.6 Å². The predicted molar refractivity (Wildman–Crippen MR) is 74.3 cm³/mol. The molecule has 1 unspecified atom stereocenters. The van der Waals surface area contributed by atoms with E-state index in [1.807, 2.05) is 30.3 Å². The molecule has 0 aliphatic carbocycles. The number of nitrogens with one attached hydrogen (secondary N) is 1. The van der Waals surface area contributed by atoms with Crippen molar-refractivity contribution in [2.75, 3.05) is 0 Å². The van der Waals surface area contributed by atoms with Gasteiger partial charge in [0.05, 0.1) is 6.04 Å². The summed E-state index contributed by atoms with van der Waals surface area (Å²) in [5, 5.41) is 6.61. The fourth-order valence-electron chi connectivity index (χ4n) is 2.04. The molecule has 3 aromatic rings. The minimum absolute atomic E-state index is 0.271. The number of hydrogen-bond acceptors (Lipinski definition) is 3. The van der Waals surface area contributed by atoms with Gasteiger partial charge in [0.1, 0.15) is 12.2 Å². The molecule has 3 rings (SSSR count). The van der Waals surface area contributed by atoms with E-state index in [2.05, 4.69) is 39.4 Å². The van der Waals surface area contributed by atoms with Crippen LogP contribution in [0.25, 0.3) is 11.1 Å². The van der Waals surface area contributed by atoms with E-state index in [4.69, 9.17) is 5.73 Å². The zero-order valence-electron chi connectivity index (χ0n) is 10.3. The van der Waals surface area contributed by atoms with Crippen LogP contribution in [0.3, 0.4) is 0 Å². The van der Waals surface area contributed by atoms with Crippen LogP contribution in [-0.4, -0.2) is 15.2 Å². The summed E-state index contributed by atoms with van der Waals surface area (Å²) in [6, 6.07) is 18.2. The summed E-state index contributed by atoms with van der Waals surface area (Å²) in [4.78, 5) is 4.08. The Morgan fingerprint density at radius 3 is 2.21 bits per heavy atom. The standard InChI is InChI=1S/C15H14N4/c16-14(15-17-10-18-19-15)13-8-6-12(7-9-13)11-4-2-1-3-5-11/h1-10,14H,16H2,(H,17,18,19). The first-order chi connectivity index (χ1) is 9.34. The molecule has 0 saturated heterocycles. The van der Waals surface area contributed by atoms with Gasteiger partial charge in [0, 0.05) is 0 Å². The maximum absolute atomic E-state index is 6.12. The summed E-state index contributed by atoms with van der Waals surface area (Å²) in [7, 11) is 0. The van der Waals surface area contributed by atoms with Gasteiger partial charge in [-0.3, -0.25) is 5.10 Å². The Bertz CT molecular complexity index is 630.